The van der Waals surface area contributed by atoms with Crippen molar-refractivity contribution in [2.75, 3.05) is 13.1 Å². The molecule has 1 saturated heterocycles. The number of hydrogen-bond donors (Lipinski definition) is 0. The highest BCUT2D eigenvalue weighted by Crippen LogP contribution is 2.35. The number of hydrogen-bond acceptors (Lipinski definition) is 5. The normalized spacial score (nSPS) is 21.9. The van der Waals surface area contributed by atoms with E-state index in [2.05, 4.69) is 55.8 Å². The number of ether oxygens (including phenoxy) is 1. The number of rotatable bonds is 3. The topological polar surface area (TPSA) is 59.7 Å². The van der Waals surface area contributed by atoms with Crippen LogP contribution >= 0.6 is 11.8 Å². The van der Waals surface area contributed by atoms with Gasteiger partial charge in [0.15, 0.2) is 5.17 Å². The first kappa shape index (κ1) is 22.6. The molecule has 6 nitrogen and oxygen atoms in total. The van der Waals surface area contributed by atoms with E-state index in [0.717, 1.165) is 46.3 Å². The van der Waals surface area contributed by atoms with Crippen molar-refractivity contribution in [2.24, 2.45) is 4.99 Å². The average molecular weight is 473 g/mol. The number of aryl methyl sites for hydroxylation is 2. The summed E-state index contributed by atoms with van der Waals surface area (Å²) >= 11 is 1.44. The van der Waals surface area contributed by atoms with Gasteiger partial charge >= 0.3 is 0 Å². The molecule has 174 valence electrons. The van der Waals surface area contributed by atoms with Crippen LogP contribution < -0.4 is 0 Å². The van der Waals surface area contributed by atoms with E-state index in [1.54, 1.807) is 0 Å². The first-order valence-corrected chi connectivity index (χ1v) is 12.3. The van der Waals surface area contributed by atoms with Crippen molar-refractivity contribution in [1.82, 2.24) is 14.7 Å². The van der Waals surface area contributed by atoms with Gasteiger partial charge in [0.05, 0.1) is 22.8 Å². The minimum absolute atomic E-state index is 0.107. The summed E-state index contributed by atoms with van der Waals surface area (Å²) in [5.41, 5.74) is 6.09. The largest absolute Gasteiger partial charge is 0.372 e. The third kappa shape index (κ3) is 4.58. The van der Waals surface area contributed by atoms with Crippen molar-refractivity contribution in [3.05, 3.63) is 76.3 Å². The van der Waals surface area contributed by atoms with Crippen LogP contribution in [0.1, 0.15) is 30.5 Å². The second kappa shape index (κ2) is 9.24. The lowest BCUT2D eigenvalue weighted by Crippen LogP contribution is -2.47. The summed E-state index contributed by atoms with van der Waals surface area (Å²) in [5, 5.41) is 5.69. The number of amides is 1. The number of para-hydroxylation sites is 1. The van der Waals surface area contributed by atoms with E-state index in [1.807, 2.05) is 47.3 Å². The van der Waals surface area contributed by atoms with Crippen molar-refractivity contribution in [3.63, 3.8) is 0 Å². The fourth-order valence-corrected chi connectivity index (χ4v) is 5.34. The maximum atomic E-state index is 12.9. The molecule has 0 saturated carbocycles. The van der Waals surface area contributed by atoms with Crippen molar-refractivity contribution in [3.8, 4) is 16.9 Å². The molecule has 0 bridgehead atoms. The van der Waals surface area contributed by atoms with Gasteiger partial charge in [-0.3, -0.25) is 4.79 Å². The molecule has 2 aliphatic heterocycles. The number of amidine groups is 1. The van der Waals surface area contributed by atoms with Crippen LogP contribution in [0.4, 0.5) is 0 Å². The third-order valence-electron chi connectivity index (χ3n) is 6.00. The first-order valence-electron chi connectivity index (χ1n) is 11.5. The Morgan fingerprint density at radius 1 is 1.06 bits per heavy atom. The average Bonchev–Trinajstić information content (AvgIpc) is 3.39. The Labute approximate surface area is 204 Å². The molecule has 2 unspecified atom stereocenters. The lowest BCUT2D eigenvalue weighted by molar-refractivity contribution is -0.113. The number of carbonyl (C=O) groups is 1. The number of morpholine rings is 1. The van der Waals surface area contributed by atoms with Crippen LogP contribution in [0.5, 0.6) is 0 Å². The highest BCUT2D eigenvalue weighted by atomic mass is 32.2. The number of aromatic nitrogens is 2. The van der Waals surface area contributed by atoms with Gasteiger partial charge in [-0.15, -0.1) is 0 Å². The minimum Gasteiger partial charge on any atom is -0.372 e. The number of benzene rings is 2. The summed E-state index contributed by atoms with van der Waals surface area (Å²) in [6.45, 7) is 9.74. The van der Waals surface area contributed by atoms with Crippen LogP contribution in [-0.4, -0.2) is 51.1 Å². The van der Waals surface area contributed by atoms with Gasteiger partial charge in [-0.1, -0.05) is 35.9 Å². The van der Waals surface area contributed by atoms with E-state index in [9.17, 15) is 4.79 Å². The molecule has 0 radical (unpaired) electrons. The molecule has 7 heteroatoms. The number of carbonyl (C=O) groups excluding carboxylic acids is 1. The third-order valence-corrected chi connectivity index (χ3v) is 7.04. The zero-order chi connectivity index (χ0) is 23.8. The molecule has 2 atom stereocenters. The van der Waals surface area contributed by atoms with Crippen molar-refractivity contribution < 1.29 is 9.53 Å². The predicted molar refractivity (Wildman–Crippen MR) is 138 cm³/mol. The molecule has 0 aliphatic carbocycles. The summed E-state index contributed by atoms with van der Waals surface area (Å²) in [4.78, 5) is 20.0. The van der Waals surface area contributed by atoms with Crippen LogP contribution in [0, 0.1) is 13.8 Å². The summed E-state index contributed by atoms with van der Waals surface area (Å²) in [6, 6.07) is 16.4. The monoisotopic (exact) mass is 472 g/mol. The van der Waals surface area contributed by atoms with E-state index in [0.29, 0.717) is 4.91 Å². The highest BCUT2D eigenvalue weighted by Gasteiger charge is 2.31. The summed E-state index contributed by atoms with van der Waals surface area (Å²) in [7, 11) is 0. The van der Waals surface area contributed by atoms with E-state index in [4.69, 9.17) is 9.84 Å². The molecular formula is C27H28N4O2S. The maximum Gasteiger partial charge on any atom is 0.286 e. The van der Waals surface area contributed by atoms with Crippen molar-refractivity contribution in [1.29, 1.82) is 0 Å². The smallest absolute Gasteiger partial charge is 0.286 e. The Morgan fingerprint density at radius 2 is 1.79 bits per heavy atom. The second-order valence-electron chi connectivity index (χ2n) is 9.00. The van der Waals surface area contributed by atoms with Crippen LogP contribution in [-0.2, 0) is 9.53 Å². The fraction of sp³-hybridized carbons (Fsp3) is 0.296. The lowest BCUT2D eigenvalue weighted by atomic mass is 10.0. The lowest BCUT2D eigenvalue weighted by Gasteiger charge is -2.35. The molecular weight excluding hydrogens is 444 g/mol. The molecule has 1 fully saturated rings. The van der Waals surface area contributed by atoms with Gasteiger partial charge < -0.3 is 9.64 Å². The quantitative estimate of drug-likeness (QED) is 0.488. The van der Waals surface area contributed by atoms with E-state index < -0.39 is 0 Å². The van der Waals surface area contributed by atoms with Crippen LogP contribution in [0.2, 0.25) is 0 Å². The van der Waals surface area contributed by atoms with Crippen molar-refractivity contribution >= 4 is 28.9 Å². The molecule has 1 aromatic heterocycles. The van der Waals surface area contributed by atoms with Crippen LogP contribution in [0.3, 0.4) is 0 Å². The highest BCUT2D eigenvalue weighted by molar-refractivity contribution is 8.18. The van der Waals surface area contributed by atoms with Gasteiger partial charge in [-0.2, -0.15) is 10.1 Å². The second-order valence-corrected chi connectivity index (χ2v) is 10.0. The summed E-state index contributed by atoms with van der Waals surface area (Å²) < 4.78 is 7.71. The van der Waals surface area contributed by atoms with Gasteiger partial charge in [-0.05, 0) is 69.3 Å². The first-order chi connectivity index (χ1) is 16.4. The zero-order valence-electron chi connectivity index (χ0n) is 19.9. The van der Waals surface area contributed by atoms with Gasteiger partial charge in [-0.25, -0.2) is 4.68 Å². The summed E-state index contributed by atoms with van der Waals surface area (Å²) in [6.07, 6.45) is 4.13. The molecule has 2 aliphatic rings. The number of aliphatic imine (C=N–C) groups is 1. The fourth-order valence-electron chi connectivity index (χ4n) is 4.41. The molecule has 2 aromatic carbocycles. The van der Waals surface area contributed by atoms with Gasteiger partial charge in [0, 0.05) is 30.4 Å². The Balaban J connectivity index is 1.52. The molecule has 1 amide bonds. The molecule has 5 rings (SSSR count). The predicted octanol–water partition coefficient (Wildman–Crippen LogP) is 5.24. The number of thioether (sulfide) groups is 1. The molecule has 0 N–H and O–H groups in total. The zero-order valence-corrected chi connectivity index (χ0v) is 20.7. The van der Waals surface area contributed by atoms with Gasteiger partial charge in [0.1, 0.15) is 5.69 Å². The molecule has 0 spiro atoms. The van der Waals surface area contributed by atoms with E-state index in [1.165, 1.54) is 17.3 Å². The van der Waals surface area contributed by atoms with Gasteiger partial charge in [0.2, 0.25) is 0 Å². The Hall–Kier alpha value is -3.16. The van der Waals surface area contributed by atoms with Crippen LogP contribution in [0.15, 0.2) is 64.6 Å². The molecule has 3 heterocycles. The Bertz CT molecular complexity index is 1290. The van der Waals surface area contributed by atoms with E-state index >= 15 is 0 Å². The Kier molecular flexibility index (Phi) is 6.15. The van der Waals surface area contributed by atoms with Crippen molar-refractivity contribution in [2.45, 2.75) is 39.9 Å². The van der Waals surface area contributed by atoms with Gasteiger partial charge in [0.25, 0.3) is 5.91 Å². The Morgan fingerprint density at radius 3 is 2.53 bits per heavy atom. The minimum atomic E-state index is -0.203. The summed E-state index contributed by atoms with van der Waals surface area (Å²) in [5.74, 6) is -0.203. The molecule has 3 aromatic rings. The SMILES string of the molecule is Cc1ccc(C)c(-c2nn(-c3ccccc3)cc2C=C2SC(N3CC(C)OC(C)C3)=NC2=O)c1. The van der Waals surface area contributed by atoms with Crippen LogP contribution in [0.25, 0.3) is 23.0 Å². The standard InChI is InChI=1S/C27H28N4O2S/c1-17-10-11-18(2)23(12-17)25-21(16-31(29-25)22-8-6-5-7-9-22)13-24-26(32)28-27(34-24)30-14-19(3)33-20(4)15-30/h5-13,16,19-20H,14-15H2,1-4H3. The van der Waals surface area contributed by atoms with E-state index in [-0.39, 0.29) is 18.1 Å². The molecule has 34 heavy (non-hydrogen) atoms. The number of nitrogens with zero attached hydrogens (tertiary/aromatic N) is 4. The maximum absolute atomic E-state index is 12.9.